The Morgan fingerprint density at radius 2 is 2.30 bits per heavy atom. The first-order valence-corrected chi connectivity index (χ1v) is 6.13. The molecule has 1 amide bonds. The summed E-state index contributed by atoms with van der Waals surface area (Å²) in [5, 5.41) is 14.9. The number of carbonyl (C=O) groups excluding carboxylic acids is 1. The Morgan fingerprint density at radius 3 is 2.95 bits per heavy atom. The molecule has 5 nitrogen and oxygen atoms in total. The fourth-order valence-electron chi connectivity index (χ4n) is 1.62. The zero-order chi connectivity index (χ0) is 14.4. The van der Waals surface area contributed by atoms with Gasteiger partial charge in [-0.25, -0.2) is 0 Å². The van der Waals surface area contributed by atoms with Crippen LogP contribution in [0, 0.1) is 18.8 Å². The van der Waals surface area contributed by atoms with Crippen molar-refractivity contribution in [1.82, 2.24) is 5.16 Å². The van der Waals surface area contributed by atoms with Gasteiger partial charge < -0.3 is 14.9 Å². The normalized spacial score (nSPS) is 9.70. The summed E-state index contributed by atoms with van der Waals surface area (Å²) < 4.78 is 4.79. The predicted molar refractivity (Wildman–Crippen MR) is 74.2 cm³/mol. The summed E-state index contributed by atoms with van der Waals surface area (Å²) in [6.07, 6.45) is 1.87. The number of nitrogens with zero attached hydrogens (tertiary/aromatic N) is 1. The maximum absolute atomic E-state index is 11.8. The molecule has 2 N–H and O–H groups in total. The van der Waals surface area contributed by atoms with Gasteiger partial charge in [-0.05, 0) is 30.7 Å². The number of rotatable bonds is 3. The van der Waals surface area contributed by atoms with Crippen molar-refractivity contribution >= 4 is 11.6 Å². The van der Waals surface area contributed by atoms with Crippen molar-refractivity contribution < 1.29 is 14.4 Å². The molecule has 0 unspecified atom stereocenters. The van der Waals surface area contributed by atoms with E-state index in [9.17, 15) is 4.79 Å². The number of hydrogen-bond acceptors (Lipinski definition) is 4. The molecule has 1 aromatic heterocycles. The van der Waals surface area contributed by atoms with Gasteiger partial charge in [0.15, 0.2) is 0 Å². The Hall–Kier alpha value is -2.58. The molecule has 0 saturated heterocycles. The summed E-state index contributed by atoms with van der Waals surface area (Å²) in [6.45, 7) is 1.94. The molecular formula is C15H14N2O3. The molecule has 0 aliphatic rings. The second-order valence-electron chi connectivity index (χ2n) is 4.14. The standard InChI is InChI=1S/C15H14N2O3/c1-11-10-12(4-2-3-9-18)5-6-13(11)17-15(19)14-7-8-16-20-14/h5-8,10,18H,3,9H2,1H3,(H,17,19). The summed E-state index contributed by atoms with van der Waals surface area (Å²) in [5.74, 6) is 5.61. The lowest BCUT2D eigenvalue weighted by Gasteiger charge is -2.06. The number of nitrogens with one attached hydrogen (secondary N) is 1. The van der Waals surface area contributed by atoms with Gasteiger partial charge in [0.25, 0.3) is 5.91 Å². The highest BCUT2D eigenvalue weighted by atomic mass is 16.5. The highest BCUT2D eigenvalue weighted by Gasteiger charge is 2.11. The average molecular weight is 270 g/mol. The summed E-state index contributed by atoms with van der Waals surface area (Å²) >= 11 is 0. The first kappa shape index (κ1) is 13.8. The average Bonchev–Trinajstić information content (AvgIpc) is 2.96. The van der Waals surface area contributed by atoms with Gasteiger partial charge in [0, 0.05) is 23.7 Å². The van der Waals surface area contributed by atoms with Gasteiger partial charge >= 0.3 is 0 Å². The molecule has 20 heavy (non-hydrogen) atoms. The smallest absolute Gasteiger partial charge is 0.294 e. The number of anilines is 1. The van der Waals surface area contributed by atoms with Crippen molar-refractivity contribution in [1.29, 1.82) is 0 Å². The lowest BCUT2D eigenvalue weighted by molar-refractivity contribution is 0.0988. The molecule has 2 rings (SSSR count). The number of aliphatic hydroxyl groups is 1. The van der Waals surface area contributed by atoms with Gasteiger partial charge in [0.2, 0.25) is 5.76 Å². The lowest BCUT2D eigenvalue weighted by Crippen LogP contribution is -2.11. The molecule has 102 valence electrons. The fraction of sp³-hybridized carbons (Fsp3) is 0.200. The van der Waals surface area contributed by atoms with Crippen LogP contribution in [0.15, 0.2) is 35.0 Å². The van der Waals surface area contributed by atoms with Gasteiger partial charge in [0.1, 0.15) is 0 Å². The highest BCUT2D eigenvalue weighted by molar-refractivity contribution is 6.02. The van der Waals surface area contributed by atoms with Crippen LogP contribution in [-0.4, -0.2) is 22.8 Å². The molecule has 0 aliphatic heterocycles. The van der Waals surface area contributed by atoms with E-state index in [1.807, 2.05) is 19.1 Å². The lowest BCUT2D eigenvalue weighted by atomic mass is 10.1. The van der Waals surface area contributed by atoms with Crippen LogP contribution in [0.5, 0.6) is 0 Å². The molecule has 0 radical (unpaired) electrons. The van der Waals surface area contributed by atoms with Crippen molar-refractivity contribution in [2.45, 2.75) is 13.3 Å². The van der Waals surface area contributed by atoms with Crippen LogP contribution in [-0.2, 0) is 0 Å². The summed E-state index contributed by atoms with van der Waals surface area (Å²) in [6, 6.07) is 6.97. The topological polar surface area (TPSA) is 75.4 Å². The molecule has 5 heteroatoms. The van der Waals surface area contributed by atoms with Crippen LogP contribution >= 0.6 is 0 Å². The predicted octanol–water partition coefficient (Wildman–Crippen LogP) is 1.97. The first-order chi connectivity index (χ1) is 9.70. The van der Waals surface area contributed by atoms with Crippen molar-refractivity contribution in [3.05, 3.63) is 47.3 Å². The molecule has 1 aromatic carbocycles. The van der Waals surface area contributed by atoms with E-state index in [0.29, 0.717) is 12.1 Å². The second kappa shape index (κ2) is 6.55. The summed E-state index contributed by atoms with van der Waals surface area (Å²) in [4.78, 5) is 11.8. The van der Waals surface area contributed by atoms with Gasteiger partial charge in [-0.15, -0.1) is 0 Å². The number of amides is 1. The van der Waals surface area contributed by atoms with E-state index in [-0.39, 0.29) is 18.3 Å². The van der Waals surface area contributed by atoms with Gasteiger partial charge in [-0.2, -0.15) is 0 Å². The van der Waals surface area contributed by atoms with E-state index in [2.05, 4.69) is 22.3 Å². The fourth-order valence-corrected chi connectivity index (χ4v) is 1.62. The van der Waals surface area contributed by atoms with Crippen LogP contribution < -0.4 is 5.32 Å². The third-order valence-electron chi connectivity index (χ3n) is 2.61. The first-order valence-electron chi connectivity index (χ1n) is 6.13. The van der Waals surface area contributed by atoms with Crippen molar-refractivity contribution in [2.75, 3.05) is 11.9 Å². The van der Waals surface area contributed by atoms with E-state index >= 15 is 0 Å². The quantitative estimate of drug-likeness (QED) is 0.836. The molecule has 0 spiro atoms. The van der Waals surface area contributed by atoms with E-state index in [0.717, 1.165) is 11.1 Å². The SMILES string of the molecule is Cc1cc(C#CCCO)ccc1NC(=O)c1ccno1. The minimum Gasteiger partial charge on any atom is -0.395 e. The van der Waals surface area contributed by atoms with E-state index in [1.54, 1.807) is 6.07 Å². The number of benzene rings is 1. The molecule has 0 bridgehead atoms. The maximum atomic E-state index is 11.8. The number of aryl methyl sites for hydroxylation is 1. The van der Waals surface area contributed by atoms with Crippen LogP contribution in [0.2, 0.25) is 0 Å². The van der Waals surface area contributed by atoms with E-state index < -0.39 is 0 Å². The zero-order valence-corrected chi connectivity index (χ0v) is 11.0. The van der Waals surface area contributed by atoms with Gasteiger partial charge in [-0.3, -0.25) is 4.79 Å². The van der Waals surface area contributed by atoms with E-state index in [1.165, 1.54) is 12.3 Å². The highest BCUT2D eigenvalue weighted by Crippen LogP contribution is 2.17. The molecule has 0 atom stereocenters. The Morgan fingerprint density at radius 1 is 1.45 bits per heavy atom. The largest absolute Gasteiger partial charge is 0.395 e. The molecular weight excluding hydrogens is 256 g/mol. The van der Waals surface area contributed by atoms with Gasteiger partial charge in [0.05, 0.1) is 12.8 Å². The Bertz CT molecular complexity index is 651. The number of hydrogen-bond donors (Lipinski definition) is 2. The Balaban J connectivity index is 2.11. The summed E-state index contributed by atoms with van der Waals surface area (Å²) in [5.41, 5.74) is 2.43. The number of carbonyl (C=O) groups is 1. The van der Waals surface area contributed by atoms with Crippen molar-refractivity contribution in [3.63, 3.8) is 0 Å². The monoisotopic (exact) mass is 270 g/mol. The third-order valence-corrected chi connectivity index (χ3v) is 2.61. The molecule has 0 saturated carbocycles. The van der Waals surface area contributed by atoms with Crippen molar-refractivity contribution in [3.8, 4) is 11.8 Å². The number of aliphatic hydroxyl groups excluding tert-OH is 1. The van der Waals surface area contributed by atoms with Crippen LogP contribution in [0.1, 0.15) is 28.1 Å². The second-order valence-corrected chi connectivity index (χ2v) is 4.14. The molecule has 0 fully saturated rings. The third kappa shape index (κ3) is 3.46. The van der Waals surface area contributed by atoms with Crippen molar-refractivity contribution in [2.24, 2.45) is 0 Å². The van der Waals surface area contributed by atoms with Gasteiger partial charge in [-0.1, -0.05) is 17.0 Å². The number of aromatic nitrogens is 1. The van der Waals surface area contributed by atoms with E-state index in [4.69, 9.17) is 9.63 Å². The minimum atomic E-state index is -0.343. The molecule has 2 aromatic rings. The molecule has 1 heterocycles. The maximum Gasteiger partial charge on any atom is 0.294 e. The van der Waals surface area contributed by atoms with Crippen LogP contribution in [0.3, 0.4) is 0 Å². The Kier molecular flexibility index (Phi) is 4.53. The molecule has 0 aliphatic carbocycles. The zero-order valence-electron chi connectivity index (χ0n) is 11.0. The van der Waals surface area contributed by atoms with Crippen LogP contribution in [0.4, 0.5) is 5.69 Å². The Labute approximate surface area is 116 Å². The summed E-state index contributed by atoms with van der Waals surface area (Å²) in [7, 11) is 0. The van der Waals surface area contributed by atoms with Crippen LogP contribution in [0.25, 0.3) is 0 Å². The minimum absolute atomic E-state index is 0.0529.